The first-order valence-corrected chi connectivity index (χ1v) is 8.92. The van der Waals surface area contributed by atoms with Crippen LogP contribution in [0.4, 0.5) is 0 Å². The molecule has 0 bridgehead atoms. The monoisotopic (exact) mass is 486 g/mol. The predicted octanol–water partition coefficient (Wildman–Crippen LogP) is 3.47. The lowest BCUT2D eigenvalue weighted by Crippen LogP contribution is -2.24. The highest BCUT2D eigenvalue weighted by molar-refractivity contribution is 9.11. The molecule has 7 nitrogen and oxygen atoms in total. The first-order chi connectivity index (χ1) is 12.4. The maximum atomic E-state index is 11.9. The van der Waals surface area contributed by atoms with E-state index in [1.54, 1.807) is 31.2 Å². The Morgan fingerprint density at radius 1 is 1.19 bits per heavy atom. The molecule has 1 amide bonds. The standard InChI is InChI=1S/C17H16Br2N2O5/c1-9-10(16(23)15(19)17(24)14(9)18)7-20-21-13(22)8-26-12-6-4-3-5-11(12)25-2/h3-7,23-24H,8H2,1-2H3,(H,21,22)/b20-7+. The van der Waals surface area contributed by atoms with Crippen molar-refractivity contribution in [3.63, 3.8) is 0 Å². The van der Waals surface area contributed by atoms with Crippen molar-refractivity contribution in [3.8, 4) is 23.0 Å². The van der Waals surface area contributed by atoms with Crippen molar-refractivity contribution in [1.29, 1.82) is 0 Å². The van der Waals surface area contributed by atoms with Crippen LogP contribution in [-0.4, -0.2) is 36.1 Å². The maximum Gasteiger partial charge on any atom is 0.277 e. The molecule has 138 valence electrons. The summed E-state index contributed by atoms with van der Waals surface area (Å²) >= 11 is 6.32. The summed E-state index contributed by atoms with van der Waals surface area (Å²) in [7, 11) is 1.51. The van der Waals surface area contributed by atoms with Crippen LogP contribution in [0.2, 0.25) is 0 Å². The van der Waals surface area contributed by atoms with Crippen LogP contribution < -0.4 is 14.9 Å². The van der Waals surface area contributed by atoms with E-state index >= 15 is 0 Å². The number of amides is 1. The van der Waals surface area contributed by atoms with Crippen molar-refractivity contribution in [2.75, 3.05) is 13.7 Å². The molecule has 0 atom stereocenters. The van der Waals surface area contributed by atoms with Crippen LogP contribution in [-0.2, 0) is 4.79 Å². The number of aromatic hydroxyl groups is 2. The number of hydrogen-bond donors (Lipinski definition) is 3. The zero-order chi connectivity index (χ0) is 19.3. The van der Waals surface area contributed by atoms with Gasteiger partial charge in [0, 0.05) is 5.56 Å². The van der Waals surface area contributed by atoms with E-state index in [2.05, 4.69) is 42.4 Å². The maximum absolute atomic E-state index is 11.9. The Kier molecular flexibility index (Phi) is 6.87. The highest BCUT2D eigenvalue weighted by Crippen LogP contribution is 2.43. The average molecular weight is 488 g/mol. The summed E-state index contributed by atoms with van der Waals surface area (Å²) in [5.41, 5.74) is 3.21. The molecule has 0 aliphatic carbocycles. The molecule has 0 radical (unpaired) electrons. The zero-order valence-corrected chi connectivity index (χ0v) is 17.1. The lowest BCUT2D eigenvalue weighted by atomic mass is 10.1. The Labute approximate surface area is 166 Å². The third-order valence-electron chi connectivity index (χ3n) is 3.42. The second kappa shape index (κ2) is 8.91. The minimum atomic E-state index is -0.485. The predicted molar refractivity (Wildman–Crippen MR) is 104 cm³/mol. The third kappa shape index (κ3) is 4.47. The minimum absolute atomic E-state index is 0.119. The topological polar surface area (TPSA) is 100 Å². The number of hydrazone groups is 1. The number of methoxy groups -OCH3 is 1. The van der Waals surface area contributed by atoms with Crippen molar-refractivity contribution in [2.45, 2.75) is 6.92 Å². The van der Waals surface area contributed by atoms with Crippen molar-refractivity contribution in [1.82, 2.24) is 5.43 Å². The highest BCUT2D eigenvalue weighted by atomic mass is 79.9. The van der Waals surface area contributed by atoms with E-state index in [-0.39, 0.29) is 22.6 Å². The van der Waals surface area contributed by atoms with Crippen LogP contribution in [0.25, 0.3) is 0 Å². The Balaban J connectivity index is 2.02. The van der Waals surface area contributed by atoms with Gasteiger partial charge in [0.25, 0.3) is 5.91 Å². The lowest BCUT2D eigenvalue weighted by Gasteiger charge is -2.11. The number of hydrogen-bond acceptors (Lipinski definition) is 6. The number of halogens is 2. The van der Waals surface area contributed by atoms with Gasteiger partial charge in [-0.1, -0.05) is 12.1 Å². The van der Waals surface area contributed by atoms with Gasteiger partial charge in [0.05, 0.1) is 17.8 Å². The first kappa shape index (κ1) is 20.1. The molecule has 2 aromatic carbocycles. The summed E-state index contributed by atoms with van der Waals surface area (Å²) in [5, 5.41) is 23.7. The normalized spacial score (nSPS) is 10.8. The van der Waals surface area contributed by atoms with E-state index in [9.17, 15) is 15.0 Å². The number of carbonyl (C=O) groups is 1. The summed E-state index contributed by atoms with van der Waals surface area (Å²) in [6, 6.07) is 6.96. The quantitative estimate of drug-likeness (QED) is 0.428. The molecular weight excluding hydrogens is 472 g/mol. The van der Waals surface area contributed by atoms with Crippen molar-refractivity contribution >= 4 is 44.0 Å². The number of carbonyl (C=O) groups excluding carboxylic acids is 1. The average Bonchev–Trinajstić information content (AvgIpc) is 2.66. The molecule has 2 aromatic rings. The van der Waals surface area contributed by atoms with E-state index in [1.165, 1.54) is 13.3 Å². The van der Waals surface area contributed by atoms with Crippen LogP contribution >= 0.6 is 31.9 Å². The van der Waals surface area contributed by atoms with E-state index in [4.69, 9.17) is 9.47 Å². The first-order valence-electron chi connectivity index (χ1n) is 7.34. The molecule has 0 aliphatic rings. The minimum Gasteiger partial charge on any atom is -0.506 e. The van der Waals surface area contributed by atoms with Gasteiger partial charge in [-0.05, 0) is 56.5 Å². The molecule has 26 heavy (non-hydrogen) atoms. The largest absolute Gasteiger partial charge is 0.506 e. The van der Waals surface area contributed by atoms with Crippen molar-refractivity contribution in [2.24, 2.45) is 5.10 Å². The fourth-order valence-electron chi connectivity index (χ4n) is 2.04. The highest BCUT2D eigenvalue weighted by Gasteiger charge is 2.17. The van der Waals surface area contributed by atoms with Gasteiger partial charge in [0.2, 0.25) is 0 Å². The number of rotatable bonds is 6. The van der Waals surface area contributed by atoms with E-state index in [1.807, 2.05) is 0 Å². The van der Waals surface area contributed by atoms with Crippen LogP contribution in [0.15, 0.2) is 38.3 Å². The fraction of sp³-hybridized carbons (Fsp3) is 0.176. The zero-order valence-electron chi connectivity index (χ0n) is 13.9. The Morgan fingerprint density at radius 2 is 1.85 bits per heavy atom. The molecule has 0 aliphatic heterocycles. The second-order valence-corrected chi connectivity index (χ2v) is 6.68. The summed E-state index contributed by atoms with van der Waals surface area (Å²) in [5.74, 6) is 0.163. The van der Waals surface area contributed by atoms with Gasteiger partial charge in [0.1, 0.15) is 16.0 Å². The Bertz CT molecular complexity index is 826. The SMILES string of the molecule is COc1ccccc1OCC(=O)N/N=C/c1c(C)c(Br)c(O)c(Br)c1O. The molecule has 0 unspecified atom stereocenters. The molecule has 0 fully saturated rings. The number of nitrogens with one attached hydrogen (secondary N) is 1. The molecule has 0 saturated heterocycles. The van der Waals surface area contributed by atoms with E-state index in [0.29, 0.717) is 27.1 Å². The van der Waals surface area contributed by atoms with Crippen LogP contribution in [0, 0.1) is 6.92 Å². The van der Waals surface area contributed by atoms with Crippen molar-refractivity contribution < 1.29 is 24.5 Å². The smallest absolute Gasteiger partial charge is 0.277 e. The van der Waals surface area contributed by atoms with Crippen LogP contribution in [0.5, 0.6) is 23.0 Å². The number of nitrogens with zero attached hydrogens (tertiary/aromatic N) is 1. The number of ether oxygens (including phenoxy) is 2. The van der Waals surface area contributed by atoms with Gasteiger partial charge in [-0.3, -0.25) is 4.79 Å². The summed E-state index contributed by atoms with van der Waals surface area (Å²) in [6.45, 7) is 1.43. The van der Waals surface area contributed by atoms with E-state index in [0.717, 1.165) is 0 Å². The van der Waals surface area contributed by atoms with Crippen molar-refractivity contribution in [3.05, 3.63) is 44.3 Å². The number of benzene rings is 2. The molecule has 0 aromatic heterocycles. The Hall–Kier alpha value is -2.26. The molecule has 0 saturated carbocycles. The number of para-hydroxylation sites is 2. The molecule has 0 spiro atoms. The fourth-order valence-corrected chi connectivity index (χ4v) is 3.13. The second-order valence-electron chi connectivity index (χ2n) is 5.10. The van der Waals surface area contributed by atoms with Gasteiger partial charge in [0.15, 0.2) is 18.1 Å². The number of phenolic OH excluding ortho intramolecular Hbond substituents is 2. The summed E-state index contributed by atoms with van der Waals surface area (Å²) in [4.78, 5) is 11.9. The van der Waals surface area contributed by atoms with E-state index < -0.39 is 5.91 Å². The van der Waals surface area contributed by atoms with Gasteiger partial charge in [-0.2, -0.15) is 5.10 Å². The molecule has 2 rings (SSSR count). The Morgan fingerprint density at radius 3 is 2.50 bits per heavy atom. The van der Waals surface area contributed by atoms with Gasteiger partial charge < -0.3 is 19.7 Å². The third-order valence-corrected chi connectivity index (χ3v) is 5.14. The summed E-state index contributed by atoms with van der Waals surface area (Å²) in [6.07, 6.45) is 1.28. The van der Waals surface area contributed by atoms with Gasteiger partial charge in [-0.15, -0.1) is 0 Å². The molecule has 0 heterocycles. The van der Waals surface area contributed by atoms with Crippen LogP contribution in [0.1, 0.15) is 11.1 Å². The molecule has 3 N–H and O–H groups in total. The van der Waals surface area contributed by atoms with Gasteiger partial charge in [-0.25, -0.2) is 5.43 Å². The van der Waals surface area contributed by atoms with Gasteiger partial charge >= 0.3 is 0 Å². The lowest BCUT2D eigenvalue weighted by molar-refractivity contribution is -0.123. The molecule has 9 heteroatoms. The summed E-state index contributed by atoms with van der Waals surface area (Å²) < 4.78 is 11.1. The molecular formula is C17H16Br2N2O5. The van der Waals surface area contributed by atoms with Crippen LogP contribution in [0.3, 0.4) is 0 Å². The number of phenols is 2.